The fraction of sp³-hybridized carbons (Fsp3) is 0.200. The summed E-state index contributed by atoms with van der Waals surface area (Å²) in [6.45, 7) is 6.30. The first-order valence-electron chi connectivity index (χ1n) is 3.53. The average Bonchev–Trinajstić information content (AvgIpc) is 2.04. The lowest BCUT2D eigenvalue weighted by atomic mass is 10.1. The first-order chi connectivity index (χ1) is 5.99. The summed E-state index contributed by atoms with van der Waals surface area (Å²) >= 11 is 5.14. The summed E-state index contributed by atoms with van der Waals surface area (Å²) in [6.07, 6.45) is 1.16. The molecule has 68 valence electrons. The molecule has 0 aromatic carbocycles. The van der Waals surface area contributed by atoms with Crippen molar-refractivity contribution in [2.45, 2.75) is 13.8 Å². The van der Waals surface area contributed by atoms with E-state index in [1.165, 1.54) is 6.92 Å². The average molecular weight is 197 g/mol. The van der Waals surface area contributed by atoms with Crippen LogP contribution in [-0.2, 0) is 9.59 Å². The third-order valence-corrected chi connectivity index (χ3v) is 1.60. The highest BCUT2D eigenvalue weighted by molar-refractivity contribution is 6.67. The van der Waals surface area contributed by atoms with Crippen LogP contribution in [0.5, 0.6) is 0 Å². The first kappa shape index (κ1) is 11.7. The Labute approximate surface area is 81.9 Å². The molecule has 0 saturated heterocycles. The highest BCUT2D eigenvalue weighted by atomic mass is 35.5. The van der Waals surface area contributed by atoms with E-state index in [1.807, 2.05) is 0 Å². The molecule has 0 heterocycles. The lowest BCUT2D eigenvalue weighted by Crippen LogP contribution is -1.97. The number of rotatable bonds is 3. The number of allylic oxidation sites excluding steroid dienone is 3. The van der Waals surface area contributed by atoms with Crippen LogP contribution in [0.3, 0.4) is 0 Å². The van der Waals surface area contributed by atoms with Crippen molar-refractivity contribution in [2.75, 3.05) is 0 Å². The zero-order valence-corrected chi connectivity index (χ0v) is 8.23. The van der Waals surface area contributed by atoms with Crippen LogP contribution in [0.25, 0.3) is 0 Å². The van der Waals surface area contributed by atoms with Gasteiger partial charge >= 0.3 is 0 Å². The molecular weight excluding hydrogens is 188 g/mol. The summed E-state index contributed by atoms with van der Waals surface area (Å²) in [5, 5.41) is -0.635. The van der Waals surface area contributed by atoms with Gasteiger partial charge in [-0.1, -0.05) is 11.5 Å². The lowest BCUT2D eigenvalue weighted by molar-refractivity contribution is -0.112. The topological polar surface area (TPSA) is 34.1 Å². The van der Waals surface area contributed by atoms with Gasteiger partial charge in [0.15, 0.2) is 5.78 Å². The monoisotopic (exact) mass is 196 g/mol. The fourth-order valence-electron chi connectivity index (χ4n) is 0.556. The van der Waals surface area contributed by atoms with Crippen LogP contribution in [-0.4, -0.2) is 11.0 Å². The van der Waals surface area contributed by atoms with E-state index in [4.69, 9.17) is 11.6 Å². The van der Waals surface area contributed by atoms with Crippen molar-refractivity contribution in [1.29, 1.82) is 0 Å². The maximum absolute atomic E-state index is 11.2. The first-order valence-corrected chi connectivity index (χ1v) is 3.91. The van der Waals surface area contributed by atoms with Crippen molar-refractivity contribution >= 4 is 22.6 Å². The molecule has 0 aliphatic carbocycles. The van der Waals surface area contributed by atoms with Crippen LogP contribution in [0.15, 0.2) is 35.3 Å². The van der Waals surface area contributed by atoms with Gasteiger partial charge in [-0.3, -0.25) is 9.59 Å². The van der Waals surface area contributed by atoms with Crippen LogP contribution >= 0.6 is 11.6 Å². The van der Waals surface area contributed by atoms with E-state index in [1.54, 1.807) is 6.92 Å². The Morgan fingerprint density at radius 1 is 1.38 bits per heavy atom. The Kier molecular flexibility index (Phi) is 4.79. The molecule has 0 aliphatic rings. The normalized spacial score (nSPS) is 9.92. The van der Waals surface area contributed by atoms with Crippen LogP contribution in [0.1, 0.15) is 13.8 Å². The smallest absolute Gasteiger partial charge is 0.248 e. The van der Waals surface area contributed by atoms with Gasteiger partial charge in [0.25, 0.3) is 0 Å². The predicted molar refractivity (Wildman–Crippen MR) is 51.5 cm³/mol. The van der Waals surface area contributed by atoms with Gasteiger partial charge in [-0.15, -0.1) is 0 Å². The number of halogens is 1. The minimum absolute atomic E-state index is 0.205. The van der Waals surface area contributed by atoms with Crippen LogP contribution < -0.4 is 0 Å². The Morgan fingerprint density at radius 2 is 1.92 bits per heavy atom. The van der Waals surface area contributed by atoms with E-state index >= 15 is 0 Å². The third kappa shape index (κ3) is 4.29. The lowest BCUT2D eigenvalue weighted by Gasteiger charge is -1.91. The second-order valence-corrected chi connectivity index (χ2v) is 2.74. The second kappa shape index (κ2) is 5.34. The molecule has 2 nitrogen and oxygen atoms in total. The maximum atomic E-state index is 11.2. The molecule has 0 bridgehead atoms. The van der Waals surface area contributed by atoms with Crippen LogP contribution in [0, 0.1) is 0 Å². The minimum Gasteiger partial charge on any atom is -0.289 e. The van der Waals surface area contributed by atoms with Gasteiger partial charge in [-0.2, -0.15) is 0 Å². The van der Waals surface area contributed by atoms with E-state index in [-0.39, 0.29) is 11.4 Å². The number of carbonyl (C=O) groups is 2. The van der Waals surface area contributed by atoms with Gasteiger partial charge in [0, 0.05) is 11.1 Å². The standard InChI is InChI=1S/C10H9ClO2/c1-4-5-7(2)9(12)6-8(3)10(11)13/h6H,1H2,2-3H3/b8-6+. The third-order valence-electron chi connectivity index (χ3n) is 1.30. The van der Waals surface area contributed by atoms with Crippen molar-refractivity contribution in [2.24, 2.45) is 0 Å². The zero-order valence-electron chi connectivity index (χ0n) is 7.48. The molecule has 0 radical (unpaired) electrons. The van der Waals surface area contributed by atoms with Crippen molar-refractivity contribution in [3.63, 3.8) is 0 Å². The quantitative estimate of drug-likeness (QED) is 0.394. The molecule has 0 fully saturated rings. The van der Waals surface area contributed by atoms with E-state index in [0.717, 1.165) is 6.08 Å². The number of hydrogen-bond donors (Lipinski definition) is 0. The SMILES string of the molecule is C=C=C=C(C)C(=O)/C=C(\C)C(=O)Cl. The molecule has 0 aromatic heterocycles. The molecule has 0 aliphatic heterocycles. The van der Waals surface area contributed by atoms with E-state index in [0.29, 0.717) is 5.57 Å². The molecule has 0 atom stereocenters. The summed E-state index contributed by atoms with van der Waals surface area (Å²) in [5.41, 5.74) is 5.39. The summed E-state index contributed by atoms with van der Waals surface area (Å²) in [7, 11) is 0. The summed E-state index contributed by atoms with van der Waals surface area (Å²) < 4.78 is 0. The second-order valence-electron chi connectivity index (χ2n) is 2.39. The van der Waals surface area contributed by atoms with Crippen LogP contribution in [0.4, 0.5) is 0 Å². The molecule has 0 N–H and O–H groups in total. The van der Waals surface area contributed by atoms with Gasteiger partial charge in [-0.05, 0) is 38.1 Å². The van der Waals surface area contributed by atoms with Gasteiger partial charge < -0.3 is 0 Å². The molecule has 0 aromatic rings. The Morgan fingerprint density at radius 3 is 2.31 bits per heavy atom. The molecule has 0 unspecified atom stereocenters. The highest BCUT2D eigenvalue weighted by Gasteiger charge is 2.04. The van der Waals surface area contributed by atoms with Crippen molar-refractivity contribution in [1.82, 2.24) is 0 Å². The minimum atomic E-state index is -0.635. The number of carbonyl (C=O) groups excluding carboxylic acids is 2. The molecule has 0 spiro atoms. The predicted octanol–water partition coefficient (Wildman–Crippen LogP) is 2.15. The van der Waals surface area contributed by atoms with Crippen molar-refractivity contribution < 1.29 is 9.59 Å². The maximum Gasteiger partial charge on any atom is 0.248 e. The summed E-state index contributed by atoms with van der Waals surface area (Å²) in [4.78, 5) is 21.7. The Bertz CT molecular complexity index is 351. The zero-order chi connectivity index (χ0) is 10.4. The molecule has 3 heteroatoms. The summed E-state index contributed by atoms with van der Waals surface area (Å²) in [6, 6.07) is 0. The number of hydrogen-bond acceptors (Lipinski definition) is 2. The van der Waals surface area contributed by atoms with Gasteiger partial charge in [0.2, 0.25) is 5.24 Å². The molecule has 13 heavy (non-hydrogen) atoms. The number of ketones is 1. The Balaban J connectivity index is 4.87. The molecule has 0 rings (SSSR count). The molecular formula is C10H9ClO2. The summed E-state index contributed by atoms with van der Waals surface area (Å²) in [5.74, 6) is -0.317. The van der Waals surface area contributed by atoms with Gasteiger partial charge in [0.05, 0.1) is 0 Å². The van der Waals surface area contributed by atoms with E-state index in [2.05, 4.69) is 18.0 Å². The fourth-order valence-corrected chi connectivity index (χ4v) is 0.610. The van der Waals surface area contributed by atoms with E-state index in [9.17, 15) is 9.59 Å². The van der Waals surface area contributed by atoms with Crippen molar-refractivity contribution in [3.05, 3.63) is 35.3 Å². The van der Waals surface area contributed by atoms with Gasteiger partial charge in [-0.25, -0.2) is 0 Å². The van der Waals surface area contributed by atoms with Crippen molar-refractivity contribution in [3.8, 4) is 0 Å². The van der Waals surface area contributed by atoms with Gasteiger partial charge in [0.1, 0.15) is 0 Å². The molecule has 0 saturated carbocycles. The van der Waals surface area contributed by atoms with E-state index < -0.39 is 5.24 Å². The van der Waals surface area contributed by atoms with Crippen LogP contribution in [0.2, 0.25) is 0 Å². The Hall–Kier alpha value is -1.33. The largest absolute Gasteiger partial charge is 0.289 e. The highest BCUT2D eigenvalue weighted by Crippen LogP contribution is 2.02. The molecule has 0 amide bonds.